The number of pyridine rings is 1. The van der Waals surface area contributed by atoms with Crippen molar-refractivity contribution in [3.05, 3.63) is 65.6 Å². The number of aromatic nitrogens is 1. The van der Waals surface area contributed by atoms with Crippen molar-refractivity contribution in [1.29, 1.82) is 0 Å². The fourth-order valence-corrected chi connectivity index (χ4v) is 4.00. The zero-order valence-electron chi connectivity index (χ0n) is 17.9. The molecule has 7 heteroatoms. The molecule has 3 aromatic rings. The molecule has 31 heavy (non-hydrogen) atoms. The summed E-state index contributed by atoms with van der Waals surface area (Å²) in [6.45, 7) is 5.46. The molecule has 1 N–H and O–H groups in total. The highest BCUT2D eigenvalue weighted by Crippen LogP contribution is 2.26. The van der Waals surface area contributed by atoms with Crippen LogP contribution in [-0.4, -0.2) is 43.3 Å². The molecule has 162 valence electrons. The van der Waals surface area contributed by atoms with Gasteiger partial charge in [0, 0.05) is 25.0 Å². The molecule has 4 rings (SSSR count). The molecule has 6 nitrogen and oxygen atoms in total. The molecule has 2 heterocycles. The predicted octanol–water partition coefficient (Wildman–Crippen LogP) is 3.93. The average molecular weight is 423 g/mol. The van der Waals surface area contributed by atoms with E-state index >= 15 is 0 Å². The number of amides is 1. The normalized spacial score (nSPS) is 18.8. The largest absolute Gasteiger partial charge is 0.481 e. The number of rotatable bonds is 5. The quantitative estimate of drug-likeness (QED) is 0.674. The number of halogens is 1. The SMILES string of the molecule is COc1nc(C(=O)NCc2ccc(N3C[C@@H](C)O[C@H](C)C3)c(F)c2)cc2ccccc12. The summed E-state index contributed by atoms with van der Waals surface area (Å²) in [5.41, 5.74) is 1.48. The van der Waals surface area contributed by atoms with E-state index in [0.717, 1.165) is 10.8 Å². The molecule has 0 spiro atoms. The zero-order chi connectivity index (χ0) is 22.0. The molecule has 2 aromatic carbocycles. The summed E-state index contributed by atoms with van der Waals surface area (Å²) in [7, 11) is 1.52. The Kier molecular flexibility index (Phi) is 6.04. The van der Waals surface area contributed by atoms with Crippen molar-refractivity contribution < 1.29 is 18.7 Å². The van der Waals surface area contributed by atoms with E-state index in [1.54, 1.807) is 12.1 Å². The van der Waals surface area contributed by atoms with Crippen molar-refractivity contribution in [2.75, 3.05) is 25.1 Å². The fraction of sp³-hybridized carbons (Fsp3) is 0.333. The molecule has 1 aliphatic rings. The molecule has 1 amide bonds. The highest BCUT2D eigenvalue weighted by molar-refractivity contribution is 5.98. The minimum atomic E-state index is -0.343. The van der Waals surface area contributed by atoms with Crippen molar-refractivity contribution in [1.82, 2.24) is 10.3 Å². The van der Waals surface area contributed by atoms with Crippen LogP contribution in [0.25, 0.3) is 10.8 Å². The summed E-state index contributed by atoms with van der Waals surface area (Å²) in [5.74, 6) is -0.254. The van der Waals surface area contributed by atoms with Gasteiger partial charge >= 0.3 is 0 Å². The Morgan fingerprint density at radius 2 is 1.94 bits per heavy atom. The number of hydrogen-bond donors (Lipinski definition) is 1. The third-order valence-corrected chi connectivity index (χ3v) is 5.36. The van der Waals surface area contributed by atoms with E-state index in [1.165, 1.54) is 13.2 Å². The number of ether oxygens (including phenoxy) is 2. The summed E-state index contributed by atoms with van der Waals surface area (Å²) < 4.78 is 25.8. The van der Waals surface area contributed by atoms with Crippen LogP contribution in [0.15, 0.2) is 48.5 Å². The van der Waals surface area contributed by atoms with Crippen molar-refractivity contribution in [2.24, 2.45) is 0 Å². The lowest BCUT2D eigenvalue weighted by atomic mass is 10.1. The number of anilines is 1. The Balaban J connectivity index is 1.46. The van der Waals surface area contributed by atoms with Gasteiger partial charge in [0.1, 0.15) is 11.5 Å². The van der Waals surface area contributed by atoms with Gasteiger partial charge in [0.2, 0.25) is 5.88 Å². The highest BCUT2D eigenvalue weighted by Gasteiger charge is 2.24. The molecule has 0 bridgehead atoms. The second-order valence-electron chi connectivity index (χ2n) is 7.87. The summed E-state index contributed by atoms with van der Waals surface area (Å²) in [6.07, 6.45) is 0.0992. The standard InChI is InChI=1S/C24H26FN3O3/c1-15-13-28(14-16(2)31-15)22-9-8-17(10-20(22)25)12-26-23(29)21-11-18-6-4-5-7-19(18)24(27-21)30-3/h4-11,15-16H,12-14H2,1-3H3,(H,26,29)/t15-,16-/m1/s1. The van der Waals surface area contributed by atoms with Crippen LogP contribution in [-0.2, 0) is 11.3 Å². The molecule has 0 unspecified atom stereocenters. The van der Waals surface area contributed by atoms with Gasteiger partial charge in [0.05, 0.1) is 25.0 Å². The maximum absolute atomic E-state index is 14.8. The Bertz CT molecular complexity index is 1090. The van der Waals surface area contributed by atoms with Crippen molar-refractivity contribution in [3.8, 4) is 5.88 Å². The van der Waals surface area contributed by atoms with E-state index in [0.29, 0.717) is 30.2 Å². The van der Waals surface area contributed by atoms with E-state index < -0.39 is 0 Å². The number of fused-ring (bicyclic) bond motifs is 1. The number of methoxy groups -OCH3 is 1. The average Bonchev–Trinajstić information content (AvgIpc) is 2.76. The van der Waals surface area contributed by atoms with Crippen molar-refractivity contribution in [3.63, 3.8) is 0 Å². The Morgan fingerprint density at radius 1 is 1.19 bits per heavy atom. The van der Waals surface area contributed by atoms with E-state index in [1.807, 2.05) is 49.1 Å². The lowest BCUT2D eigenvalue weighted by molar-refractivity contribution is -0.00539. The number of benzene rings is 2. The molecular weight excluding hydrogens is 397 g/mol. The Morgan fingerprint density at radius 3 is 2.65 bits per heavy atom. The number of carbonyl (C=O) groups excluding carboxylic acids is 1. The monoisotopic (exact) mass is 423 g/mol. The van der Waals surface area contributed by atoms with Crippen LogP contribution < -0.4 is 15.0 Å². The van der Waals surface area contributed by atoms with Gasteiger partial charge in [-0.2, -0.15) is 0 Å². The smallest absolute Gasteiger partial charge is 0.270 e. The summed E-state index contributed by atoms with van der Waals surface area (Å²) >= 11 is 0. The van der Waals surface area contributed by atoms with E-state index in [2.05, 4.69) is 10.3 Å². The lowest BCUT2D eigenvalue weighted by Gasteiger charge is -2.37. The van der Waals surface area contributed by atoms with Gasteiger partial charge in [0.15, 0.2) is 0 Å². The Labute approximate surface area is 181 Å². The summed E-state index contributed by atoms with van der Waals surface area (Å²) in [6, 6.07) is 14.4. The molecule has 1 aliphatic heterocycles. The maximum Gasteiger partial charge on any atom is 0.270 e. The number of nitrogens with one attached hydrogen (secondary N) is 1. The highest BCUT2D eigenvalue weighted by atomic mass is 19.1. The Hall–Kier alpha value is -3.19. The zero-order valence-corrected chi connectivity index (χ0v) is 17.9. The summed E-state index contributed by atoms with van der Waals surface area (Å²) in [4.78, 5) is 19.0. The number of hydrogen-bond acceptors (Lipinski definition) is 5. The predicted molar refractivity (Wildman–Crippen MR) is 118 cm³/mol. The molecule has 0 saturated carbocycles. The first-order valence-electron chi connectivity index (χ1n) is 10.4. The fourth-order valence-electron chi connectivity index (χ4n) is 4.00. The first-order chi connectivity index (χ1) is 14.9. The van der Waals surface area contributed by atoms with E-state index in [4.69, 9.17) is 9.47 Å². The third-order valence-electron chi connectivity index (χ3n) is 5.36. The van der Waals surface area contributed by atoms with Gasteiger partial charge in [-0.25, -0.2) is 9.37 Å². The van der Waals surface area contributed by atoms with Gasteiger partial charge in [-0.1, -0.05) is 24.3 Å². The summed E-state index contributed by atoms with van der Waals surface area (Å²) in [5, 5.41) is 4.52. The molecule has 1 fully saturated rings. The molecule has 1 aromatic heterocycles. The van der Waals surface area contributed by atoms with Gasteiger partial charge in [-0.3, -0.25) is 4.79 Å². The van der Waals surface area contributed by atoms with Crippen LogP contribution in [0.1, 0.15) is 29.9 Å². The maximum atomic E-state index is 14.8. The first kappa shape index (κ1) is 21.1. The topological polar surface area (TPSA) is 63.7 Å². The van der Waals surface area contributed by atoms with Crippen LogP contribution in [0.5, 0.6) is 5.88 Å². The number of morpholine rings is 1. The number of nitrogens with zero attached hydrogens (tertiary/aromatic N) is 2. The molecule has 2 atom stereocenters. The second kappa shape index (κ2) is 8.89. The minimum Gasteiger partial charge on any atom is -0.481 e. The first-order valence-corrected chi connectivity index (χ1v) is 10.4. The number of carbonyl (C=O) groups is 1. The van der Waals surface area contributed by atoms with Crippen molar-refractivity contribution in [2.45, 2.75) is 32.6 Å². The van der Waals surface area contributed by atoms with Gasteiger partial charge in [0.25, 0.3) is 5.91 Å². The van der Waals surface area contributed by atoms with Gasteiger partial charge in [-0.15, -0.1) is 0 Å². The van der Waals surface area contributed by atoms with Crippen LogP contribution >= 0.6 is 0 Å². The van der Waals surface area contributed by atoms with E-state index in [9.17, 15) is 9.18 Å². The molecule has 0 radical (unpaired) electrons. The molecule has 1 saturated heterocycles. The molecule has 0 aliphatic carbocycles. The van der Waals surface area contributed by atoms with Crippen LogP contribution in [0.4, 0.5) is 10.1 Å². The van der Waals surface area contributed by atoms with E-state index in [-0.39, 0.29) is 36.2 Å². The third kappa shape index (κ3) is 4.61. The van der Waals surface area contributed by atoms with Crippen LogP contribution in [0, 0.1) is 5.82 Å². The van der Waals surface area contributed by atoms with Crippen LogP contribution in [0.2, 0.25) is 0 Å². The van der Waals surface area contributed by atoms with Crippen LogP contribution in [0.3, 0.4) is 0 Å². The van der Waals surface area contributed by atoms with Gasteiger partial charge < -0.3 is 19.7 Å². The second-order valence-corrected chi connectivity index (χ2v) is 7.87. The minimum absolute atomic E-state index is 0.0496. The van der Waals surface area contributed by atoms with Crippen molar-refractivity contribution >= 4 is 22.4 Å². The molecular formula is C24H26FN3O3. The lowest BCUT2D eigenvalue weighted by Crippen LogP contribution is -2.45. The van der Waals surface area contributed by atoms with Gasteiger partial charge in [-0.05, 0) is 49.1 Å².